The molecular weight excluding hydrogens is 188 g/mol. The van der Waals surface area contributed by atoms with E-state index in [1.807, 2.05) is 38.6 Å². The Labute approximate surface area is 93.5 Å². The first-order valence-electron chi connectivity index (χ1n) is 5.81. The largest absolute Gasteiger partial charge is 0.381 e. The van der Waals surface area contributed by atoms with Gasteiger partial charge in [-0.25, -0.2) is 4.98 Å². The molecule has 0 unspecified atom stereocenters. The molecule has 3 nitrogen and oxygen atoms in total. The minimum absolute atomic E-state index is 1.00. The number of aryl methyl sites for hydroxylation is 2. The monoisotopic (exact) mass is 212 g/mol. The molecule has 1 fully saturated rings. The molecule has 1 aliphatic rings. The third-order valence-electron chi connectivity index (χ3n) is 2.13. The number of hydrogen-bond donors (Lipinski definition) is 0. The van der Waals surface area contributed by atoms with E-state index in [4.69, 9.17) is 4.74 Å². The Kier molecular flexibility index (Phi) is 9.18. The topological polar surface area (TPSA) is 27.1 Å². The van der Waals surface area contributed by atoms with E-state index in [0.29, 0.717) is 0 Å². The molecule has 0 atom stereocenters. The molecule has 0 saturated carbocycles. The van der Waals surface area contributed by atoms with Crippen molar-refractivity contribution in [2.24, 2.45) is 7.05 Å². The average Bonchev–Trinajstić information content (AvgIpc) is 2.69. The molecule has 1 aliphatic heterocycles. The lowest BCUT2D eigenvalue weighted by Crippen LogP contribution is -2.03. The fourth-order valence-electron chi connectivity index (χ4n) is 1.11. The molecule has 3 heteroatoms. The number of rotatable bonds is 0. The highest BCUT2D eigenvalue weighted by atomic mass is 16.5. The molecule has 88 valence electrons. The van der Waals surface area contributed by atoms with Crippen molar-refractivity contribution in [1.29, 1.82) is 0 Å². The Morgan fingerprint density at radius 1 is 1.20 bits per heavy atom. The van der Waals surface area contributed by atoms with E-state index in [1.54, 1.807) is 6.33 Å². The van der Waals surface area contributed by atoms with Crippen LogP contribution in [0, 0.1) is 6.92 Å². The van der Waals surface area contributed by atoms with Crippen LogP contribution in [0.4, 0.5) is 0 Å². The van der Waals surface area contributed by atoms with Crippen LogP contribution in [0.5, 0.6) is 0 Å². The lowest BCUT2D eigenvalue weighted by Gasteiger charge is -2.08. The Bertz CT molecular complexity index is 201. The van der Waals surface area contributed by atoms with Crippen LogP contribution in [0.15, 0.2) is 12.5 Å². The summed E-state index contributed by atoms with van der Waals surface area (Å²) in [5, 5.41) is 0. The summed E-state index contributed by atoms with van der Waals surface area (Å²) in [6.45, 7) is 8.02. The molecule has 0 spiro atoms. The van der Waals surface area contributed by atoms with Crippen LogP contribution < -0.4 is 0 Å². The molecule has 1 aromatic rings. The maximum absolute atomic E-state index is 5.07. The van der Waals surface area contributed by atoms with E-state index in [9.17, 15) is 0 Å². The van der Waals surface area contributed by atoms with Crippen molar-refractivity contribution in [3.63, 3.8) is 0 Å². The molecule has 2 rings (SSSR count). The average molecular weight is 212 g/mol. The predicted octanol–water partition coefficient (Wildman–Crippen LogP) is 2.94. The minimum atomic E-state index is 1.00. The van der Waals surface area contributed by atoms with Gasteiger partial charge in [0.05, 0.1) is 6.33 Å². The Hall–Kier alpha value is -0.830. The molecule has 0 aliphatic carbocycles. The maximum Gasteiger partial charge on any atom is 0.0945 e. The van der Waals surface area contributed by atoms with E-state index in [-0.39, 0.29) is 0 Å². The first-order valence-corrected chi connectivity index (χ1v) is 5.81. The third-order valence-corrected chi connectivity index (χ3v) is 2.13. The van der Waals surface area contributed by atoms with Crippen LogP contribution in [-0.4, -0.2) is 22.8 Å². The summed E-state index contributed by atoms with van der Waals surface area (Å²) in [6.07, 6.45) is 7.55. The fourth-order valence-corrected chi connectivity index (χ4v) is 1.11. The smallest absolute Gasteiger partial charge is 0.0945 e. The van der Waals surface area contributed by atoms with Gasteiger partial charge in [-0.15, -0.1) is 0 Å². The highest BCUT2D eigenvalue weighted by molar-refractivity contribution is 4.91. The third kappa shape index (κ3) is 7.14. The first-order chi connectivity index (χ1) is 7.30. The van der Waals surface area contributed by atoms with Gasteiger partial charge in [-0.3, -0.25) is 0 Å². The SMILES string of the molecule is C1CCOCC1.CC.Cc1cncn1C. The van der Waals surface area contributed by atoms with Crippen LogP contribution in [0.25, 0.3) is 0 Å². The minimum Gasteiger partial charge on any atom is -0.381 e. The summed E-state index contributed by atoms with van der Waals surface area (Å²) in [6, 6.07) is 0. The zero-order valence-corrected chi connectivity index (χ0v) is 10.5. The fraction of sp³-hybridized carbons (Fsp3) is 0.750. The molecule has 2 heterocycles. The van der Waals surface area contributed by atoms with Crippen LogP contribution in [0.1, 0.15) is 38.8 Å². The second kappa shape index (κ2) is 9.71. The van der Waals surface area contributed by atoms with Crippen molar-refractivity contribution in [3.8, 4) is 0 Å². The standard InChI is InChI=1S/C5H8N2.C5H10O.C2H6/c1-5-3-6-4-7(5)2;1-2-4-6-5-3-1;1-2/h3-4H,1-2H3;1-5H2;1-2H3. The second-order valence-electron chi connectivity index (χ2n) is 3.32. The summed E-state index contributed by atoms with van der Waals surface area (Å²) >= 11 is 0. The zero-order chi connectivity index (χ0) is 11.5. The van der Waals surface area contributed by atoms with Crippen LogP contribution in [0.3, 0.4) is 0 Å². The van der Waals surface area contributed by atoms with Gasteiger partial charge < -0.3 is 9.30 Å². The number of ether oxygens (including phenoxy) is 1. The van der Waals surface area contributed by atoms with Crippen molar-refractivity contribution in [1.82, 2.24) is 9.55 Å². The molecule has 15 heavy (non-hydrogen) atoms. The molecular formula is C12H24N2O. The van der Waals surface area contributed by atoms with Crippen molar-refractivity contribution in [2.45, 2.75) is 40.0 Å². The quantitative estimate of drug-likeness (QED) is 0.661. The maximum atomic E-state index is 5.07. The number of imidazole rings is 1. The molecule has 0 aromatic carbocycles. The molecule has 0 amide bonds. The summed E-state index contributed by atoms with van der Waals surface area (Å²) in [5.41, 5.74) is 1.19. The van der Waals surface area contributed by atoms with Gasteiger partial charge in [-0.05, 0) is 26.2 Å². The van der Waals surface area contributed by atoms with E-state index in [2.05, 4.69) is 4.98 Å². The number of aromatic nitrogens is 2. The van der Waals surface area contributed by atoms with Crippen molar-refractivity contribution in [3.05, 3.63) is 18.2 Å². The van der Waals surface area contributed by atoms with Gasteiger partial charge in [0.15, 0.2) is 0 Å². The zero-order valence-electron chi connectivity index (χ0n) is 10.5. The van der Waals surface area contributed by atoms with Crippen molar-refractivity contribution in [2.75, 3.05) is 13.2 Å². The first kappa shape index (κ1) is 14.2. The Morgan fingerprint density at radius 3 is 1.93 bits per heavy atom. The van der Waals surface area contributed by atoms with E-state index < -0.39 is 0 Å². The lowest BCUT2D eigenvalue weighted by atomic mass is 10.2. The summed E-state index contributed by atoms with van der Waals surface area (Å²) < 4.78 is 7.04. The highest BCUT2D eigenvalue weighted by Gasteiger charge is 1.95. The van der Waals surface area contributed by atoms with Crippen LogP contribution in [0.2, 0.25) is 0 Å². The molecule has 1 aromatic heterocycles. The van der Waals surface area contributed by atoms with Gasteiger partial charge in [0.2, 0.25) is 0 Å². The Balaban J connectivity index is 0.000000227. The van der Waals surface area contributed by atoms with E-state index in [0.717, 1.165) is 13.2 Å². The van der Waals surface area contributed by atoms with Crippen molar-refractivity contribution >= 4 is 0 Å². The van der Waals surface area contributed by atoms with Crippen LogP contribution in [-0.2, 0) is 11.8 Å². The highest BCUT2D eigenvalue weighted by Crippen LogP contribution is 2.02. The van der Waals surface area contributed by atoms with E-state index >= 15 is 0 Å². The van der Waals surface area contributed by atoms with Gasteiger partial charge in [0.25, 0.3) is 0 Å². The summed E-state index contributed by atoms with van der Waals surface area (Å²) in [5.74, 6) is 0. The molecule has 0 radical (unpaired) electrons. The normalized spacial score (nSPS) is 14.4. The van der Waals surface area contributed by atoms with Gasteiger partial charge in [0, 0.05) is 32.2 Å². The van der Waals surface area contributed by atoms with Crippen molar-refractivity contribution < 1.29 is 4.74 Å². The van der Waals surface area contributed by atoms with Crippen LogP contribution >= 0.6 is 0 Å². The van der Waals surface area contributed by atoms with Gasteiger partial charge in [-0.2, -0.15) is 0 Å². The lowest BCUT2D eigenvalue weighted by molar-refractivity contribution is 0.0968. The summed E-state index contributed by atoms with van der Waals surface area (Å²) in [4.78, 5) is 3.88. The second-order valence-corrected chi connectivity index (χ2v) is 3.32. The van der Waals surface area contributed by atoms with Gasteiger partial charge in [0.1, 0.15) is 0 Å². The number of nitrogens with zero attached hydrogens (tertiary/aromatic N) is 2. The molecule has 0 bridgehead atoms. The molecule has 0 N–H and O–H groups in total. The summed E-state index contributed by atoms with van der Waals surface area (Å²) in [7, 11) is 1.97. The number of hydrogen-bond acceptors (Lipinski definition) is 2. The predicted molar refractivity (Wildman–Crippen MR) is 64.0 cm³/mol. The molecule has 1 saturated heterocycles. The van der Waals surface area contributed by atoms with Gasteiger partial charge in [-0.1, -0.05) is 13.8 Å². The van der Waals surface area contributed by atoms with E-state index in [1.165, 1.54) is 25.0 Å². The Morgan fingerprint density at radius 2 is 1.80 bits per heavy atom. The van der Waals surface area contributed by atoms with Gasteiger partial charge >= 0.3 is 0 Å².